The number of carbonyl (C=O) groups excluding carboxylic acids is 2. The van der Waals surface area contributed by atoms with Gasteiger partial charge in [-0.25, -0.2) is 4.98 Å². The topological polar surface area (TPSA) is 72.7 Å². The SMILES string of the molecule is CCc1cnc2ccc(NCc3ccc(Cl)cc3OC)cn12.O=C=O. The van der Waals surface area contributed by atoms with Crippen LogP contribution in [0.1, 0.15) is 18.2 Å². The van der Waals surface area contributed by atoms with Crippen LogP contribution in [0, 0.1) is 0 Å². The van der Waals surface area contributed by atoms with E-state index < -0.39 is 0 Å². The summed E-state index contributed by atoms with van der Waals surface area (Å²) in [5.74, 6) is 0.790. The van der Waals surface area contributed by atoms with Crippen LogP contribution >= 0.6 is 11.6 Å². The molecule has 0 fully saturated rings. The molecule has 0 spiro atoms. The van der Waals surface area contributed by atoms with Crippen molar-refractivity contribution in [2.24, 2.45) is 0 Å². The smallest absolute Gasteiger partial charge is 0.373 e. The van der Waals surface area contributed by atoms with E-state index in [9.17, 15) is 0 Å². The number of hydrogen-bond donors (Lipinski definition) is 1. The Morgan fingerprint density at radius 3 is 2.72 bits per heavy atom. The molecule has 0 unspecified atom stereocenters. The molecule has 0 aliphatic heterocycles. The zero-order chi connectivity index (χ0) is 18.2. The van der Waals surface area contributed by atoms with E-state index in [-0.39, 0.29) is 6.15 Å². The first kappa shape index (κ1) is 18.5. The van der Waals surface area contributed by atoms with Crippen molar-refractivity contribution in [2.75, 3.05) is 12.4 Å². The van der Waals surface area contributed by atoms with E-state index in [0.717, 1.165) is 29.1 Å². The minimum atomic E-state index is 0.250. The maximum atomic E-state index is 8.12. The number of aromatic nitrogens is 2. The lowest BCUT2D eigenvalue weighted by molar-refractivity contribution is -0.191. The predicted molar refractivity (Wildman–Crippen MR) is 94.9 cm³/mol. The van der Waals surface area contributed by atoms with Crippen LogP contribution in [-0.2, 0) is 22.6 Å². The summed E-state index contributed by atoms with van der Waals surface area (Å²) in [6.07, 6.45) is 5.19. The van der Waals surface area contributed by atoms with Crippen LogP contribution in [0.15, 0.2) is 42.7 Å². The molecule has 3 aromatic rings. The van der Waals surface area contributed by atoms with Crippen LogP contribution in [-0.4, -0.2) is 22.6 Å². The minimum absolute atomic E-state index is 0.250. The van der Waals surface area contributed by atoms with Gasteiger partial charge in [-0.05, 0) is 30.7 Å². The number of benzene rings is 1. The quantitative estimate of drug-likeness (QED) is 0.753. The van der Waals surface area contributed by atoms with Crippen LogP contribution < -0.4 is 10.1 Å². The molecule has 0 radical (unpaired) electrons. The molecule has 0 bridgehead atoms. The number of ether oxygens (including phenoxy) is 1. The van der Waals surface area contributed by atoms with Crippen molar-refractivity contribution in [3.05, 3.63) is 59.0 Å². The molecule has 1 aromatic carbocycles. The van der Waals surface area contributed by atoms with Gasteiger partial charge in [0.1, 0.15) is 11.4 Å². The Hall–Kier alpha value is -2.82. The van der Waals surface area contributed by atoms with Gasteiger partial charge >= 0.3 is 6.15 Å². The number of fused-ring (bicyclic) bond motifs is 1. The number of methoxy groups -OCH3 is 1. The van der Waals surface area contributed by atoms with E-state index in [4.69, 9.17) is 25.9 Å². The van der Waals surface area contributed by atoms with Crippen molar-refractivity contribution in [2.45, 2.75) is 19.9 Å². The molecule has 0 saturated heterocycles. The standard InChI is InChI=1S/C17H18ClN3O.CO2/c1-3-15-10-20-17-7-6-14(11-21(15)17)19-9-12-4-5-13(18)8-16(12)22-2;2-1-3/h4-8,10-11,19H,3,9H2,1-2H3;. The minimum Gasteiger partial charge on any atom is -0.496 e. The maximum Gasteiger partial charge on any atom is 0.373 e. The summed E-state index contributed by atoms with van der Waals surface area (Å²) in [6, 6.07) is 9.72. The molecule has 2 aromatic heterocycles. The van der Waals surface area contributed by atoms with E-state index in [1.54, 1.807) is 7.11 Å². The van der Waals surface area contributed by atoms with Crippen molar-refractivity contribution in [1.82, 2.24) is 9.38 Å². The second kappa shape index (κ2) is 8.87. The third kappa shape index (κ3) is 4.59. The average molecular weight is 360 g/mol. The highest BCUT2D eigenvalue weighted by Crippen LogP contribution is 2.24. The average Bonchev–Trinajstić information content (AvgIpc) is 3.03. The van der Waals surface area contributed by atoms with Crippen molar-refractivity contribution >= 4 is 29.1 Å². The lowest BCUT2D eigenvalue weighted by Gasteiger charge is -2.11. The fourth-order valence-electron chi connectivity index (χ4n) is 2.46. The van der Waals surface area contributed by atoms with Crippen LogP contribution in [0.25, 0.3) is 5.65 Å². The Kier molecular flexibility index (Phi) is 6.57. The van der Waals surface area contributed by atoms with Gasteiger partial charge in [0, 0.05) is 35.2 Å². The van der Waals surface area contributed by atoms with Crippen LogP contribution in [0.3, 0.4) is 0 Å². The summed E-state index contributed by atoms with van der Waals surface area (Å²) < 4.78 is 7.48. The molecule has 6 nitrogen and oxygen atoms in total. The fourth-order valence-corrected chi connectivity index (χ4v) is 2.62. The van der Waals surface area contributed by atoms with E-state index in [1.807, 2.05) is 36.5 Å². The summed E-state index contributed by atoms with van der Waals surface area (Å²) in [7, 11) is 1.65. The lowest BCUT2D eigenvalue weighted by Crippen LogP contribution is -2.03. The van der Waals surface area contributed by atoms with Crippen LogP contribution in [0.5, 0.6) is 5.75 Å². The third-order valence-electron chi connectivity index (χ3n) is 3.68. The van der Waals surface area contributed by atoms with Crippen molar-refractivity contribution in [1.29, 1.82) is 0 Å². The number of nitrogens with zero attached hydrogens (tertiary/aromatic N) is 2. The van der Waals surface area contributed by atoms with Gasteiger partial charge in [-0.2, -0.15) is 9.59 Å². The molecule has 0 aliphatic carbocycles. The zero-order valence-corrected chi connectivity index (χ0v) is 14.7. The van der Waals surface area contributed by atoms with Gasteiger partial charge in [0.05, 0.1) is 12.8 Å². The monoisotopic (exact) mass is 359 g/mol. The molecule has 3 rings (SSSR count). The first-order valence-corrected chi connectivity index (χ1v) is 8.02. The zero-order valence-electron chi connectivity index (χ0n) is 14.0. The predicted octanol–water partition coefficient (Wildman–Crippen LogP) is 3.59. The van der Waals surface area contributed by atoms with Gasteiger partial charge in [-0.3, -0.25) is 0 Å². The summed E-state index contributed by atoms with van der Waals surface area (Å²) in [6.45, 7) is 2.80. The number of aryl methyl sites for hydroxylation is 1. The Morgan fingerprint density at radius 2 is 2.04 bits per heavy atom. The summed E-state index contributed by atoms with van der Waals surface area (Å²) >= 11 is 5.99. The van der Waals surface area contributed by atoms with E-state index in [2.05, 4.69) is 27.8 Å². The Labute approximate surface area is 150 Å². The van der Waals surface area contributed by atoms with Gasteiger partial charge in [0.15, 0.2) is 0 Å². The molecule has 2 heterocycles. The van der Waals surface area contributed by atoms with Crippen LogP contribution in [0.4, 0.5) is 5.69 Å². The normalized spacial score (nSPS) is 9.88. The molecule has 0 saturated carbocycles. The van der Waals surface area contributed by atoms with Crippen LogP contribution in [0.2, 0.25) is 5.02 Å². The highest BCUT2D eigenvalue weighted by atomic mass is 35.5. The molecular formula is C18H18ClN3O3. The summed E-state index contributed by atoms with van der Waals surface area (Å²) in [4.78, 5) is 20.6. The van der Waals surface area contributed by atoms with Crippen molar-refractivity contribution < 1.29 is 14.3 Å². The number of imidazole rings is 1. The summed E-state index contributed by atoms with van der Waals surface area (Å²) in [5.41, 5.74) is 4.26. The third-order valence-corrected chi connectivity index (χ3v) is 3.91. The van der Waals surface area contributed by atoms with Gasteiger partial charge < -0.3 is 14.5 Å². The van der Waals surface area contributed by atoms with E-state index >= 15 is 0 Å². The highest BCUT2D eigenvalue weighted by molar-refractivity contribution is 6.30. The molecule has 0 atom stereocenters. The Morgan fingerprint density at radius 1 is 1.28 bits per heavy atom. The summed E-state index contributed by atoms with van der Waals surface area (Å²) in [5, 5.41) is 4.09. The van der Waals surface area contributed by atoms with Gasteiger partial charge in [0.25, 0.3) is 0 Å². The number of nitrogens with one attached hydrogen (secondary N) is 1. The second-order valence-electron chi connectivity index (χ2n) is 5.14. The second-order valence-corrected chi connectivity index (χ2v) is 5.58. The molecule has 7 heteroatoms. The first-order chi connectivity index (χ1) is 12.1. The Bertz CT molecular complexity index is 886. The molecule has 0 aliphatic rings. The Balaban J connectivity index is 0.000000701. The first-order valence-electron chi connectivity index (χ1n) is 7.64. The number of hydrogen-bond acceptors (Lipinski definition) is 5. The fraction of sp³-hybridized carbons (Fsp3) is 0.222. The van der Waals surface area contributed by atoms with Crippen molar-refractivity contribution in [3.63, 3.8) is 0 Å². The van der Waals surface area contributed by atoms with Gasteiger partial charge in [0.2, 0.25) is 0 Å². The number of anilines is 1. The molecule has 0 amide bonds. The van der Waals surface area contributed by atoms with Crippen molar-refractivity contribution in [3.8, 4) is 5.75 Å². The highest BCUT2D eigenvalue weighted by Gasteiger charge is 2.05. The lowest BCUT2D eigenvalue weighted by atomic mass is 10.2. The number of pyridine rings is 1. The van der Waals surface area contributed by atoms with E-state index in [0.29, 0.717) is 11.6 Å². The number of halogens is 1. The molecule has 130 valence electrons. The number of rotatable bonds is 5. The maximum absolute atomic E-state index is 8.12. The largest absolute Gasteiger partial charge is 0.496 e. The molecule has 1 N–H and O–H groups in total. The van der Waals surface area contributed by atoms with Gasteiger partial charge in [-0.1, -0.05) is 24.6 Å². The molecule has 25 heavy (non-hydrogen) atoms. The molecular weight excluding hydrogens is 342 g/mol. The van der Waals surface area contributed by atoms with E-state index in [1.165, 1.54) is 5.69 Å². The van der Waals surface area contributed by atoms with Gasteiger partial charge in [-0.15, -0.1) is 0 Å².